The standard InChI is InChI=1S/C25H33FN10O/c1-25(2)8-5-10-36(25)11-9-27-23(37)16-6-7-19(26)20(12-16)31-21-18-14-28-24(32-22(18)35(4)33-21)30-17-13-29-34(3)15-17/h6-7,12-15,23,27,37H,5,8-11H2,1-4H3,(H,31,33)(H,28,30,32). The molecule has 12 heteroatoms. The molecular weight excluding hydrogens is 475 g/mol. The monoisotopic (exact) mass is 508 g/mol. The predicted molar refractivity (Wildman–Crippen MR) is 140 cm³/mol. The molecule has 5 rings (SSSR count). The van der Waals surface area contributed by atoms with Gasteiger partial charge in [0.2, 0.25) is 5.95 Å². The van der Waals surface area contributed by atoms with Gasteiger partial charge in [-0.3, -0.25) is 14.9 Å². The Morgan fingerprint density at radius 1 is 1.19 bits per heavy atom. The first-order valence-corrected chi connectivity index (χ1v) is 12.4. The zero-order valence-corrected chi connectivity index (χ0v) is 21.5. The normalized spacial score (nSPS) is 16.4. The number of nitrogens with one attached hydrogen (secondary N) is 3. The molecule has 1 atom stereocenters. The molecular formula is C25H33FN10O. The summed E-state index contributed by atoms with van der Waals surface area (Å²) >= 11 is 0. The van der Waals surface area contributed by atoms with Gasteiger partial charge in [-0.05, 0) is 50.9 Å². The van der Waals surface area contributed by atoms with E-state index in [0.717, 1.165) is 18.8 Å². The third-order valence-electron chi connectivity index (χ3n) is 6.89. The SMILES string of the molecule is Cn1cc(Nc2ncc3c(Nc4cc(C(O)NCCN5CCCC5(C)C)ccc4F)nn(C)c3n2)cn1. The van der Waals surface area contributed by atoms with Gasteiger partial charge in [0.15, 0.2) is 11.5 Å². The van der Waals surface area contributed by atoms with E-state index < -0.39 is 12.0 Å². The Morgan fingerprint density at radius 2 is 2.03 bits per heavy atom. The number of aryl methyl sites for hydroxylation is 2. The number of rotatable bonds is 9. The fourth-order valence-corrected chi connectivity index (χ4v) is 4.77. The molecule has 0 bridgehead atoms. The molecule has 196 valence electrons. The van der Waals surface area contributed by atoms with Crippen molar-refractivity contribution in [3.8, 4) is 0 Å². The Kier molecular flexibility index (Phi) is 6.80. The maximum absolute atomic E-state index is 14.7. The topological polar surface area (TPSA) is 121 Å². The molecule has 0 saturated carbocycles. The van der Waals surface area contributed by atoms with E-state index in [1.54, 1.807) is 40.9 Å². The third kappa shape index (κ3) is 5.41. The molecule has 0 spiro atoms. The summed E-state index contributed by atoms with van der Waals surface area (Å²) in [7, 11) is 3.59. The van der Waals surface area contributed by atoms with Crippen molar-refractivity contribution in [2.45, 2.75) is 38.5 Å². The van der Waals surface area contributed by atoms with E-state index in [-0.39, 0.29) is 11.2 Å². The van der Waals surface area contributed by atoms with Crippen LogP contribution in [-0.2, 0) is 14.1 Å². The average Bonchev–Trinajstić information content (AvgIpc) is 3.52. The van der Waals surface area contributed by atoms with Crippen LogP contribution >= 0.6 is 0 Å². The predicted octanol–water partition coefficient (Wildman–Crippen LogP) is 3.18. The fourth-order valence-electron chi connectivity index (χ4n) is 4.77. The minimum absolute atomic E-state index is 0.185. The quantitative estimate of drug-likeness (QED) is 0.253. The fraction of sp³-hybridized carbons (Fsp3) is 0.440. The zero-order chi connectivity index (χ0) is 26.2. The molecule has 4 N–H and O–H groups in total. The summed E-state index contributed by atoms with van der Waals surface area (Å²) in [5, 5.41) is 29.2. The Bertz CT molecular complexity index is 1400. The summed E-state index contributed by atoms with van der Waals surface area (Å²) < 4.78 is 18.0. The molecule has 1 saturated heterocycles. The Balaban J connectivity index is 1.28. The number of aliphatic hydroxyl groups is 1. The molecule has 0 radical (unpaired) electrons. The number of aliphatic hydroxyl groups excluding tert-OH is 1. The lowest BCUT2D eigenvalue weighted by molar-refractivity contribution is 0.121. The van der Waals surface area contributed by atoms with Crippen LogP contribution in [0.15, 0.2) is 36.8 Å². The second-order valence-electron chi connectivity index (χ2n) is 10.1. The Morgan fingerprint density at radius 3 is 2.76 bits per heavy atom. The number of hydrogen-bond donors (Lipinski definition) is 4. The van der Waals surface area contributed by atoms with Crippen LogP contribution in [0, 0.1) is 5.82 Å². The average molecular weight is 509 g/mol. The summed E-state index contributed by atoms with van der Waals surface area (Å²) in [6, 6.07) is 4.50. The Hall–Kier alpha value is -3.61. The lowest BCUT2D eigenvalue weighted by atomic mass is 10.0. The van der Waals surface area contributed by atoms with Crippen LogP contribution in [0.25, 0.3) is 11.0 Å². The molecule has 4 aromatic rings. The maximum atomic E-state index is 14.7. The minimum Gasteiger partial charge on any atom is -0.374 e. The molecule has 4 heterocycles. The molecule has 1 aliphatic rings. The number of anilines is 4. The van der Waals surface area contributed by atoms with Crippen molar-refractivity contribution in [2.24, 2.45) is 14.1 Å². The first-order valence-electron chi connectivity index (χ1n) is 12.4. The van der Waals surface area contributed by atoms with Crippen LogP contribution in [-0.4, -0.2) is 64.7 Å². The van der Waals surface area contributed by atoms with Gasteiger partial charge in [-0.2, -0.15) is 15.2 Å². The van der Waals surface area contributed by atoms with Crippen LogP contribution in [0.1, 0.15) is 38.5 Å². The van der Waals surface area contributed by atoms with Crippen molar-refractivity contribution in [1.29, 1.82) is 0 Å². The number of halogens is 1. The van der Waals surface area contributed by atoms with Gasteiger partial charge >= 0.3 is 0 Å². The largest absolute Gasteiger partial charge is 0.374 e. The first-order chi connectivity index (χ1) is 17.7. The van der Waals surface area contributed by atoms with E-state index in [9.17, 15) is 9.50 Å². The molecule has 1 aliphatic heterocycles. The Labute approximate surface area is 214 Å². The van der Waals surface area contributed by atoms with E-state index in [1.165, 1.54) is 18.9 Å². The molecule has 1 aromatic carbocycles. The van der Waals surface area contributed by atoms with Gasteiger partial charge in [0.1, 0.15) is 12.0 Å². The van der Waals surface area contributed by atoms with E-state index in [0.29, 0.717) is 34.9 Å². The van der Waals surface area contributed by atoms with Gasteiger partial charge in [0, 0.05) is 45.1 Å². The highest BCUT2D eigenvalue weighted by Gasteiger charge is 2.31. The van der Waals surface area contributed by atoms with Crippen LogP contribution in [0.2, 0.25) is 0 Å². The van der Waals surface area contributed by atoms with E-state index in [4.69, 9.17) is 0 Å². The van der Waals surface area contributed by atoms with Crippen molar-refractivity contribution in [1.82, 2.24) is 39.7 Å². The van der Waals surface area contributed by atoms with Gasteiger partial charge in [0.25, 0.3) is 0 Å². The highest BCUT2D eigenvalue weighted by atomic mass is 19.1. The summed E-state index contributed by atoms with van der Waals surface area (Å²) in [6.45, 7) is 7.03. The van der Waals surface area contributed by atoms with E-state index in [1.807, 2.05) is 13.2 Å². The smallest absolute Gasteiger partial charge is 0.229 e. The highest BCUT2D eigenvalue weighted by molar-refractivity contribution is 5.89. The van der Waals surface area contributed by atoms with Crippen molar-refractivity contribution >= 4 is 34.2 Å². The minimum atomic E-state index is -0.920. The third-order valence-corrected chi connectivity index (χ3v) is 6.89. The number of fused-ring (bicyclic) bond motifs is 1. The van der Waals surface area contributed by atoms with Crippen LogP contribution in [0.3, 0.4) is 0 Å². The van der Waals surface area contributed by atoms with Gasteiger partial charge in [-0.1, -0.05) is 6.07 Å². The summed E-state index contributed by atoms with van der Waals surface area (Å²) in [4.78, 5) is 11.3. The van der Waals surface area contributed by atoms with E-state index >= 15 is 0 Å². The molecule has 0 amide bonds. The zero-order valence-electron chi connectivity index (χ0n) is 21.5. The van der Waals surface area contributed by atoms with Crippen LogP contribution < -0.4 is 16.0 Å². The van der Waals surface area contributed by atoms with Gasteiger partial charge in [0.05, 0.1) is 23.0 Å². The molecule has 1 fully saturated rings. The van der Waals surface area contributed by atoms with Crippen LogP contribution in [0.5, 0.6) is 0 Å². The second kappa shape index (κ2) is 10.0. The lowest BCUT2D eigenvalue weighted by Gasteiger charge is -2.31. The number of nitrogens with zero attached hydrogens (tertiary/aromatic N) is 7. The second-order valence-corrected chi connectivity index (χ2v) is 10.1. The van der Waals surface area contributed by atoms with Crippen molar-refractivity contribution < 1.29 is 9.50 Å². The number of hydrogen-bond acceptors (Lipinski definition) is 9. The molecule has 11 nitrogen and oxygen atoms in total. The highest BCUT2D eigenvalue weighted by Crippen LogP contribution is 2.29. The summed E-state index contributed by atoms with van der Waals surface area (Å²) in [5.74, 6) is 0.360. The molecule has 1 unspecified atom stereocenters. The number of benzene rings is 1. The van der Waals surface area contributed by atoms with Crippen molar-refractivity contribution in [3.05, 3.63) is 48.2 Å². The van der Waals surface area contributed by atoms with Crippen molar-refractivity contribution in [2.75, 3.05) is 30.3 Å². The van der Waals surface area contributed by atoms with Crippen LogP contribution in [0.4, 0.5) is 27.5 Å². The van der Waals surface area contributed by atoms with E-state index in [2.05, 4.69) is 54.9 Å². The van der Waals surface area contributed by atoms with Gasteiger partial charge < -0.3 is 15.7 Å². The van der Waals surface area contributed by atoms with Gasteiger partial charge in [-0.15, -0.1) is 0 Å². The molecule has 0 aliphatic carbocycles. The number of likely N-dealkylation sites (tertiary alicyclic amines) is 1. The molecule has 3 aromatic heterocycles. The first kappa shape index (κ1) is 25.1. The number of aromatic nitrogens is 6. The lowest BCUT2D eigenvalue weighted by Crippen LogP contribution is -2.42. The summed E-state index contributed by atoms with van der Waals surface area (Å²) in [5.41, 5.74) is 2.29. The maximum Gasteiger partial charge on any atom is 0.229 e. The molecule has 37 heavy (non-hydrogen) atoms. The summed E-state index contributed by atoms with van der Waals surface area (Å²) in [6.07, 6.45) is 6.58. The van der Waals surface area contributed by atoms with Crippen molar-refractivity contribution in [3.63, 3.8) is 0 Å². The van der Waals surface area contributed by atoms with Gasteiger partial charge in [-0.25, -0.2) is 14.1 Å².